The Morgan fingerprint density at radius 1 is 1.35 bits per heavy atom. The predicted octanol–water partition coefficient (Wildman–Crippen LogP) is 1.53. The Hall–Kier alpha value is -1.61. The summed E-state index contributed by atoms with van der Waals surface area (Å²) in [6.07, 6.45) is -3.78. The van der Waals surface area contributed by atoms with E-state index in [1.165, 1.54) is 0 Å². The van der Waals surface area contributed by atoms with Crippen LogP contribution in [0.25, 0.3) is 0 Å². The summed E-state index contributed by atoms with van der Waals surface area (Å²) in [4.78, 5) is 9.14. The molecule has 0 aliphatic carbocycles. The van der Waals surface area contributed by atoms with Gasteiger partial charge in [-0.05, 0) is 34.0 Å². The molecule has 0 amide bonds. The lowest BCUT2D eigenvalue weighted by molar-refractivity contribution is -0.141. The molecule has 1 aromatic heterocycles. The first-order valence-electron chi connectivity index (χ1n) is 6.06. The smallest absolute Gasteiger partial charge is 0.367 e. The Morgan fingerprint density at radius 3 is 2.50 bits per heavy atom. The van der Waals surface area contributed by atoms with Gasteiger partial charge < -0.3 is 10.2 Å². The highest BCUT2D eigenvalue weighted by Crippen LogP contribution is 2.29. The van der Waals surface area contributed by atoms with Crippen molar-refractivity contribution >= 4 is 11.8 Å². The van der Waals surface area contributed by atoms with E-state index in [1.807, 2.05) is 31.3 Å². The molecule has 9 heteroatoms. The predicted molar refractivity (Wildman–Crippen MR) is 71.1 cm³/mol. The molecule has 114 valence electrons. The van der Waals surface area contributed by atoms with Crippen LogP contribution in [-0.4, -0.2) is 41.5 Å². The Morgan fingerprint density at radius 2 is 2.00 bits per heavy atom. The zero-order valence-corrected chi connectivity index (χ0v) is 11.6. The Balaban J connectivity index is 2.84. The monoisotopic (exact) mass is 292 g/mol. The van der Waals surface area contributed by atoms with Crippen LogP contribution in [0.1, 0.15) is 19.0 Å². The largest absolute Gasteiger partial charge is 0.433 e. The van der Waals surface area contributed by atoms with E-state index < -0.39 is 11.9 Å². The first kappa shape index (κ1) is 16.4. The topological polar surface area (TPSA) is 79.1 Å². The number of anilines is 2. The molecule has 20 heavy (non-hydrogen) atoms. The summed E-state index contributed by atoms with van der Waals surface area (Å²) in [5, 5.41) is 2.91. The molecular weight excluding hydrogens is 273 g/mol. The van der Waals surface area contributed by atoms with Gasteiger partial charge in [0.05, 0.1) is 0 Å². The summed E-state index contributed by atoms with van der Waals surface area (Å²) in [6.45, 7) is 2.68. The van der Waals surface area contributed by atoms with Crippen molar-refractivity contribution in [2.45, 2.75) is 25.6 Å². The number of nitrogen functional groups attached to an aromatic ring is 1. The highest BCUT2D eigenvalue weighted by Gasteiger charge is 2.33. The number of alkyl halides is 3. The molecule has 0 aliphatic rings. The molecule has 0 aromatic carbocycles. The molecule has 1 rings (SSSR count). The van der Waals surface area contributed by atoms with Crippen molar-refractivity contribution in [2.75, 3.05) is 31.4 Å². The van der Waals surface area contributed by atoms with E-state index in [0.29, 0.717) is 0 Å². The third-order valence-electron chi connectivity index (χ3n) is 2.55. The number of halogens is 3. The van der Waals surface area contributed by atoms with Crippen LogP contribution < -0.4 is 16.6 Å². The van der Waals surface area contributed by atoms with Gasteiger partial charge in [0.2, 0.25) is 5.95 Å². The van der Waals surface area contributed by atoms with Gasteiger partial charge in [0.25, 0.3) is 0 Å². The molecule has 4 N–H and O–H groups in total. The second-order valence-electron chi connectivity index (χ2n) is 4.74. The minimum Gasteiger partial charge on any atom is -0.367 e. The SMILES string of the molecule is CC(CCN(C)C)Nc1cc(C(F)(F)F)nc(NN)n1. The average Bonchev–Trinajstić information content (AvgIpc) is 2.34. The first-order valence-corrected chi connectivity index (χ1v) is 6.06. The third-order valence-corrected chi connectivity index (χ3v) is 2.55. The van der Waals surface area contributed by atoms with Crippen molar-refractivity contribution in [2.24, 2.45) is 5.84 Å². The second kappa shape index (κ2) is 6.71. The van der Waals surface area contributed by atoms with Crippen LogP contribution in [0.5, 0.6) is 0 Å². The van der Waals surface area contributed by atoms with E-state index in [9.17, 15) is 13.2 Å². The van der Waals surface area contributed by atoms with Crippen LogP contribution in [0.15, 0.2) is 6.07 Å². The lowest BCUT2D eigenvalue weighted by Crippen LogP contribution is -2.24. The third kappa shape index (κ3) is 5.17. The Bertz CT molecular complexity index is 435. The molecule has 1 heterocycles. The summed E-state index contributed by atoms with van der Waals surface area (Å²) < 4.78 is 38.0. The van der Waals surface area contributed by atoms with E-state index in [-0.39, 0.29) is 17.8 Å². The summed E-state index contributed by atoms with van der Waals surface area (Å²) in [5.41, 5.74) is 0.994. The fourth-order valence-corrected chi connectivity index (χ4v) is 1.51. The van der Waals surface area contributed by atoms with Crippen molar-refractivity contribution in [3.8, 4) is 0 Å². The lowest BCUT2D eigenvalue weighted by atomic mass is 10.2. The van der Waals surface area contributed by atoms with Crippen LogP contribution in [0, 0.1) is 0 Å². The van der Waals surface area contributed by atoms with Gasteiger partial charge >= 0.3 is 6.18 Å². The molecule has 0 fully saturated rings. The molecule has 0 saturated carbocycles. The maximum atomic E-state index is 12.7. The summed E-state index contributed by atoms with van der Waals surface area (Å²) in [6, 6.07) is 0.839. The number of nitrogens with one attached hydrogen (secondary N) is 2. The van der Waals surface area contributed by atoms with Crippen molar-refractivity contribution in [3.63, 3.8) is 0 Å². The standard InChI is InChI=1S/C11H19F3N6/c1-7(4-5-20(2)3)16-9-6-8(11(12,13)14)17-10(18-9)19-15/h6-7H,4-5,15H2,1-3H3,(H2,16,17,18,19). The van der Waals surface area contributed by atoms with E-state index >= 15 is 0 Å². The molecular formula is C11H19F3N6. The van der Waals surface area contributed by atoms with Crippen LogP contribution in [-0.2, 0) is 6.18 Å². The minimum absolute atomic E-state index is 0.0287. The molecule has 0 radical (unpaired) electrons. The van der Waals surface area contributed by atoms with Crippen LogP contribution in [0.3, 0.4) is 0 Å². The van der Waals surface area contributed by atoms with Gasteiger partial charge in [-0.1, -0.05) is 0 Å². The van der Waals surface area contributed by atoms with E-state index in [1.54, 1.807) is 0 Å². The Labute approximate surface area is 115 Å². The number of nitrogens with two attached hydrogens (primary N) is 1. The maximum Gasteiger partial charge on any atom is 0.433 e. The highest BCUT2D eigenvalue weighted by molar-refractivity contribution is 5.43. The molecule has 0 bridgehead atoms. The van der Waals surface area contributed by atoms with Gasteiger partial charge in [0.1, 0.15) is 5.82 Å². The van der Waals surface area contributed by atoms with Gasteiger partial charge in [0.15, 0.2) is 5.69 Å². The van der Waals surface area contributed by atoms with Crippen molar-refractivity contribution in [1.29, 1.82) is 0 Å². The molecule has 0 saturated heterocycles. The van der Waals surface area contributed by atoms with Gasteiger partial charge in [-0.3, -0.25) is 5.43 Å². The molecule has 0 spiro atoms. The summed E-state index contributed by atoms with van der Waals surface area (Å²) in [7, 11) is 3.85. The fraction of sp³-hybridized carbons (Fsp3) is 0.636. The van der Waals surface area contributed by atoms with E-state index in [4.69, 9.17) is 5.84 Å². The van der Waals surface area contributed by atoms with E-state index in [0.717, 1.165) is 19.0 Å². The number of aromatic nitrogens is 2. The summed E-state index contributed by atoms with van der Waals surface area (Å²) >= 11 is 0. The Kier molecular flexibility index (Phi) is 5.52. The molecule has 1 aromatic rings. The van der Waals surface area contributed by atoms with Crippen molar-refractivity contribution in [1.82, 2.24) is 14.9 Å². The normalized spacial score (nSPS) is 13.4. The quantitative estimate of drug-likeness (QED) is 0.545. The zero-order chi connectivity index (χ0) is 15.3. The zero-order valence-electron chi connectivity index (χ0n) is 11.6. The molecule has 1 unspecified atom stereocenters. The van der Waals surface area contributed by atoms with E-state index in [2.05, 4.69) is 15.3 Å². The highest BCUT2D eigenvalue weighted by atomic mass is 19.4. The minimum atomic E-state index is -4.54. The molecule has 1 atom stereocenters. The molecule has 6 nitrogen and oxygen atoms in total. The number of hydrogen-bond acceptors (Lipinski definition) is 6. The second-order valence-corrected chi connectivity index (χ2v) is 4.74. The van der Waals surface area contributed by atoms with Crippen LogP contribution >= 0.6 is 0 Å². The van der Waals surface area contributed by atoms with Gasteiger partial charge in [-0.2, -0.15) is 18.2 Å². The van der Waals surface area contributed by atoms with Gasteiger partial charge in [0, 0.05) is 12.1 Å². The summed E-state index contributed by atoms with van der Waals surface area (Å²) in [5.74, 6) is 4.90. The van der Waals surface area contributed by atoms with Gasteiger partial charge in [-0.25, -0.2) is 10.8 Å². The average molecular weight is 292 g/mol. The number of hydrazine groups is 1. The first-order chi connectivity index (χ1) is 9.22. The fourth-order valence-electron chi connectivity index (χ4n) is 1.51. The number of hydrogen-bond donors (Lipinski definition) is 3. The van der Waals surface area contributed by atoms with Crippen molar-refractivity contribution in [3.05, 3.63) is 11.8 Å². The number of nitrogens with zero attached hydrogens (tertiary/aromatic N) is 3. The van der Waals surface area contributed by atoms with Crippen molar-refractivity contribution < 1.29 is 13.2 Å². The van der Waals surface area contributed by atoms with Crippen LogP contribution in [0.4, 0.5) is 24.9 Å². The maximum absolute atomic E-state index is 12.7. The lowest BCUT2D eigenvalue weighted by Gasteiger charge is -2.18. The number of rotatable bonds is 6. The van der Waals surface area contributed by atoms with Crippen LogP contribution in [0.2, 0.25) is 0 Å². The molecule has 0 aliphatic heterocycles. The van der Waals surface area contributed by atoms with Gasteiger partial charge in [-0.15, -0.1) is 0 Å².